The number of aliphatic imine (C=N–C) groups is 1. The van der Waals surface area contributed by atoms with Gasteiger partial charge in [-0.1, -0.05) is 19.9 Å². The first-order valence-corrected chi connectivity index (χ1v) is 8.65. The molecule has 24 heavy (non-hydrogen) atoms. The van der Waals surface area contributed by atoms with Gasteiger partial charge in [-0.25, -0.2) is 4.98 Å². The number of rotatable bonds is 10. The standard InChI is InChI=1S/C18H32N4O2/c1-14(2)13-23-10-6-9-20-18(19-5)22-12-16-7-8-17(21-11-16)24-15(3)4/h7-8,11,14-15H,6,9-10,12-13H2,1-5H3,(H2,19,20,22). The quantitative estimate of drug-likeness (QED) is 0.390. The van der Waals surface area contributed by atoms with E-state index in [9.17, 15) is 0 Å². The maximum absolute atomic E-state index is 5.56. The Kier molecular flexibility index (Phi) is 9.84. The van der Waals surface area contributed by atoms with E-state index < -0.39 is 0 Å². The average Bonchev–Trinajstić information content (AvgIpc) is 2.54. The van der Waals surface area contributed by atoms with Gasteiger partial charge in [0, 0.05) is 45.6 Å². The van der Waals surface area contributed by atoms with Crippen LogP contribution in [0, 0.1) is 5.92 Å². The molecule has 0 fully saturated rings. The van der Waals surface area contributed by atoms with Gasteiger partial charge in [-0.05, 0) is 31.7 Å². The molecule has 0 aliphatic rings. The largest absolute Gasteiger partial charge is 0.475 e. The highest BCUT2D eigenvalue weighted by molar-refractivity contribution is 5.79. The van der Waals surface area contributed by atoms with Crippen LogP contribution in [-0.2, 0) is 11.3 Å². The SMILES string of the molecule is CN=C(NCCCOCC(C)C)NCc1ccc(OC(C)C)nc1. The zero-order valence-corrected chi connectivity index (χ0v) is 15.6. The minimum Gasteiger partial charge on any atom is -0.475 e. The van der Waals surface area contributed by atoms with Gasteiger partial charge < -0.3 is 20.1 Å². The summed E-state index contributed by atoms with van der Waals surface area (Å²) < 4.78 is 11.1. The molecular weight excluding hydrogens is 304 g/mol. The summed E-state index contributed by atoms with van der Waals surface area (Å²) in [5, 5.41) is 6.55. The molecule has 0 aromatic carbocycles. The third-order valence-electron chi connectivity index (χ3n) is 3.05. The number of aromatic nitrogens is 1. The number of nitrogens with one attached hydrogen (secondary N) is 2. The molecule has 6 nitrogen and oxygen atoms in total. The molecule has 6 heteroatoms. The summed E-state index contributed by atoms with van der Waals surface area (Å²) in [6.07, 6.45) is 2.91. The van der Waals surface area contributed by atoms with E-state index in [1.165, 1.54) is 0 Å². The van der Waals surface area contributed by atoms with E-state index in [1.54, 1.807) is 7.05 Å². The lowest BCUT2D eigenvalue weighted by molar-refractivity contribution is 0.108. The van der Waals surface area contributed by atoms with Crippen molar-refractivity contribution in [3.63, 3.8) is 0 Å². The van der Waals surface area contributed by atoms with E-state index in [2.05, 4.69) is 34.5 Å². The Morgan fingerprint density at radius 1 is 1.21 bits per heavy atom. The molecule has 0 saturated carbocycles. The summed E-state index contributed by atoms with van der Waals surface area (Å²) >= 11 is 0. The van der Waals surface area contributed by atoms with Gasteiger partial charge in [0.25, 0.3) is 0 Å². The molecule has 136 valence electrons. The van der Waals surface area contributed by atoms with Crippen LogP contribution in [0.1, 0.15) is 39.7 Å². The van der Waals surface area contributed by atoms with Crippen LogP contribution in [-0.4, -0.2) is 43.9 Å². The first-order valence-electron chi connectivity index (χ1n) is 8.65. The third-order valence-corrected chi connectivity index (χ3v) is 3.05. The summed E-state index contributed by atoms with van der Waals surface area (Å²) in [5.41, 5.74) is 1.08. The van der Waals surface area contributed by atoms with Gasteiger partial charge >= 0.3 is 0 Å². The van der Waals surface area contributed by atoms with E-state index in [-0.39, 0.29) is 6.10 Å². The molecule has 1 heterocycles. The first-order chi connectivity index (χ1) is 11.5. The van der Waals surface area contributed by atoms with Crippen molar-refractivity contribution in [2.24, 2.45) is 10.9 Å². The number of ether oxygens (including phenoxy) is 2. The molecule has 0 spiro atoms. The van der Waals surface area contributed by atoms with Crippen LogP contribution in [0.3, 0.4) is 0 Å². The Bertz CT molecular complexity index is 472. The van der Waals surface area contributed by atoms with Crippen molar-refractivity contribution >= 4 is 5.96 Å². The maximum Gasteiger partial charge on any atom is 0.213 e. The van der Waals surface area contributed by atoms with E-state index in [0.29, 0.717) is 18.3 Å². The van der Waals surface area contributed by atoms with Crippen molar-refractivity contribution in [1.82, 2.24) is 15.6 Å². The second-order valence-corrected chi connectivity index (χ2v) is 6.35. The normalized spacial score (nSPS) is 11.9. The summed E-state index contributed by atoms with van der Waals surface area (Å²) in [5.74, 6) is 2.01. The number of nitrogens with zero attached hydrogens (tertiary/aromatic N) is 2. The van der Waals surface area contributed by atoms with Crippen molar-refractivity contribution in [3.8, 4) is 5.88 Å². The fourth-order valence-corrected chi connectivity index (χ4v) is 1.93. The molecule has 0 saturated heterocycles. The van der Waals surface area contributed by atoms with Crippen molar-refractivity contribution in [2.75, 3.05) is 26.8 Å². The monoisotopic (exact) mass is 336 g/mol. The van der Waals surface area contributed by atoms with Crippen LogP contribution in [0.2, 0.25) is 0 Å². The van der Waals surface area contributed by atoms with Gasteiger partial charge in [-0.3, -0.25) is 4.99 Å². The van der Waals surface area contributed by atoms with Crippen molar-refractivity contribution in [1.29, 1.82) is 0 Å². The average molecular weight is 336 g/mol. The molecule has 2 N–H and O–H groups in total. The van der Waals surface area contributed by atoms with Crippen LogP contribution in [0.5, 0.6) is 5.88 Å². The zero-order valence-electron chi connectivity index (χ0n) is 15.6. The lowest BCUT2D eigenvalue weighted by Crippen LogP contribution is -2.37. The Hall–Kier alpha value is -1.82. The molecule has 1 aromatic rings. The van der Waals surface area contributed by atoms with Crippen molar-refractivity contribution in [2.45, 2.75) is 46.8 Å². The topological polar surface area (TPSA) is 67.8 Å². The molecule has 0 atom stereocenters. The van der Waals surface area contributed by atoms with E-state index in [4.69, 9.17) is 9.47 Å². The van der Waals surface area contributed by atoms with Crippen molar-refractivity contribution in [3.05, 3.63) is 23.9 Å². The highest BCUT2D eigenvalue weighted by Crippen LogP contribution is 2.09. The van der Waals surface area contributed by atoms with Crippen LogP contribution in [0.4, 0.5) is 0 Å². The number of hydrogen-bond donors (Lipinski definition) is 2. The number of pyridine rings is 1. The minimum atomic E-state index is 0.133. The molecule has 0 amide bonds. The maximum atomic E-state index is 5.56. The van der Waals surface area contributed by atoms with Gasteiger partial charge in [0.1, 0.15) is 0 Å². The highest BCUT2D eigenvalue weighted by atomic mass is 16.5. The number of hydrogen-bond acceptors (Lipinski definition) is 4. The highest BCUT2D eigenvalue weighted by Gasteiger charge is 2.01. The van der Waals surface area contributed by atoms with Crippen LogP contribution in [0.25, 0.3) is 0 Å². The fraction of sp³-hybridized carbons (Fsp3) is 0.667. The lowest BCUT2D eigenvalue weighted by atomic mass is 10.2. The van der Waals surface area contributed by atoms with Crippen LogP contribution >= 0.6 is 0 Å². The first kappa shape index (κ1) is 20.2. The third kappa shape index (κ3) is 9.35. The van der Waals surface area contributed by atoms with E-state index in [0.717, 1.165) is 37.7 Å². The molecule has 0 radical (unpaired) electrons. The van der Waals surface area contributed by atoms with Crippen molar-refractivity contribution < 1.29 is 9.47 Å². The Balaban J connectivity index is 2.23. The van der Waals surface area contributed by atoms with E-state index >= 15 is 0 Å². The molecule has 1 rings (SSSR count). The second kappa shape index (κ2) is 11.7. The Morgan fingerprint density at radius 3 is 2.58 bits per heavy atom. The molecule has 0 aliphatic heterocycles. The summed E-state index contributed by atoms with van der Waals surface area (Å²) in [6, 6.07) is 3.89. The van der Waals surface area contributed by atoms with Crippen LogP contribution in [0.15, 0.2) is 23.3 Å². The second-order valence-electron chi connectivity index (χ2n) is 6.35. The molecular formula is C18H32N4O2. The summed E-state index contributed by atoms with van der Waals surface area (Å²) in [6.45, 7) is 11.4. The predicted molar refractivity (Wildman–Crippen MR) is 98.5 cm³/mol. The van der Waals surface area contributed by atoms with Gasteiger partial charge in [0.15, 0.2) is 5.96 Å². The Morgan fingerprint density at radius 2 is 2.00 bits per heavy atom. The Labute approximate surface area is 146 Å². The van der Waals surface area contributed by atoms with Gasteiger partial charge in [-0.2, -0.15) is 0 Å². The van der Waals surface area contributed by atoms with Crippen LogP contribution < -0.4 is 15.4 Å². The van der Waals surface area contributed by atoms with E-state index in [1.807, 2.05) is 32.2 Å². The summed E-state index contributed by atoms with van der Waals surface area (Å²) in [4.78, 5) is 8.51. The van der Waals surface area contributed by atoms with Gasteiger partial charge in [0.05, 0.1) is 6.10 Å². The molecule has 1 aromatic heterocycles. The minimum absolute atomic E-state index is 0.133. The number of guanidine groups is 1. The molecule has 0 bridgehead atoms. The fourth-order valence-electron chi connectivity index (χ4n) is 1.93. The smallest absolute Gasteiger partial charge is 0.213 e. The molecule has 0 unspecified atom stereocenters. The zero-order chi connectivity index (χ0) is 17.8. The van der Waals surface area contributed by atoms with Gasteiger partial charge in [0.2, 0.25) is 5.88 Å². The molecule has 0 aliphatic carbocycles. The lowest BCUT2D eigenvalue weighted by Gasteiger charge is -2.13. The predicted octanol–water partition coefficient (Wildman–Crippen LogP) is 2.60. The van der Waals surface area contributed by atoms with Gasteiger partial charge in [-0.15, -0.1) is 0 Å². The summed E-state index contributed by atoms with van der Waals surface area (Å²) in [7, 11) is 1.77.